The molecule has 0 spiro atoms. The summed E-state index contributed by atoms with van der Waals surface area (Å²) in [5.74, 6) is -1.56. The first-order valence-electron chi connectivity index (χ1n) is 6.41. The molecule has 8 heteroatoms. The first-order chi connectivity index (χ1) is 9.49. The molecule has 0 bridgehead atoms. The zero-order valence-corrected chi connectivity index (χ0v) is 11.5. The largest absolute Gasteiger partial charge is 0.480 e. The molecule has 0 aromatic carbocycles. The van der Waals surface area contributed by atoms with E-state index in [9.17, 15) is 14.4 Å². The van der Waals surface area contributed by atoms with Gasteiger partial charge in [0.2, 0.25) is 0 Å². The van der Waals surface area contributed by atoms with Crippen LogP contribution in [-0.4, -0.2) is 67.9 Å². The number of carbonyl (C=O) groups excluding carboxylic acids is 2. The molecule has 1 unspecified atom stereocenters. The van der Waals surface area contributed by atoms with Gasteiger partial charge in [-0.25, -0.2) is 9.59 Å². The predicted molar refractivity (Wildman–Crippen MR) is 68.2 cm³/mol. The van der Waals surface area contributed by atoms with E-state index in [-0.39, 0.29) is 5.92 Å². The van der Waals surface area contributed by atoms with Crippen LogP contribution < -0.4 is 5.32 Å². The molecular weight excluding hydrogens is 268 g/mol. The number of urea groups is 1. The highest BCUT2D eigenvalue weighted by Gasteiger charge is 2.19. The summed E-state index contributed by atoms with van der Waals surface area (Å²) in [5, 5.41) is 10.5. The molecule has 1 saturated heterocycles. The minimum absolute atomic E-state index is 0.276. The highest BCUT2D eigenvalue weighted by atomic mass is 16.5. The minimum atomic E-state index is -1.17. The van der Waals surface area contributed by atoms with E-state index in [1.165, 1.54) is 4.90 Å². The second kappa shape index (κ2) is 8.49. The summed E-state index contributed by atoms with van der Waals surface area (Å²) in [4.78, 5) is 34.6. The second-order valence-corrected chi connectivity index (χ2v) is 4.70. The average molecular weight is 288 g/mol. The summed E-state index contributed by atoms with van der Waals surface area (Å²) in [5.41, 5.74) is 0. The Balaban J connectivity index is 2.22. The van der Waals surface area contributed by atoms with Gasteiger partial charge in [-0.05, 0) is 12.8 Å². The van der Waals surface area contributed by atoms with Gasteiger partial charge in [-0.15, -0.1) is 0 Å². The molecule has 0 radical (unpaired) electrons. The van der Waals surface area contributed by atoms with E-state index >= 15 is 0 Å². The Labute approximate surface area is 117 Å². The summed E-state index contributed by atoms with van der Waals surface area (Å²) in [6, 6.07) is -0.528. The number of ether oxygens (including phenoxy) is 2. The highest BCUT2D eigenvalue weighted by molar-refractivity contribution is 5.94. The molecular formula is C12H20N2O6. The molecule has 114 valence electrons. The number of hydrogen-bond acceptors (Lipinski definition) is 5. The zero-order valence-electron chi connectivity index (χ0n) is 11.5. The Bertz CT molecular complexity index is 354. The molecule has 3 amide bonds. The normalized spacial score (nSPS) is 18.4. The van der Waals surface area contributed by atoms with Gasteiger partial charge in [0.1, 0.15) is 13.2 Å². The van der Waals surface area contributed by atoms with Crippen molar-refractivity contribution in [1.82, 2.24) is 10.2 Å². The number of carboxylic acid groups (broad SMARTS) is 1. The Morgan fingerprint density at radius 2 is 2.15 bits per heavy atom. The molecule has 0 aliphatic carbocycles. The first kappa shape index (κ1) is 16.4. The molecule has 0 saturated carbocycles. The SMILES string of the molecule is CN(CC1CCCOC1)C(=O)NC(=O)COCC(=O)O. The molecule has 0 aromatic rings. The summed E-state index contributed by atoms with van der Waals surface area (Å²) < 4.78 is 9.90. The molecule has 8 nitrogen and oxygen atoms in total. The lowest BCUT2D eigenvalue weighted by Gasteiger charge is -2.27. The fourth-order valence-corrected chi connectivity index (χ4v) is 1.90. The van der Waals surface area contributed by atoms with Crippen molar-refractivity contribution in [3.05, 3.63) is 0 Å². The maximum absolute atomic E-state index is 11.7. The minimum Gasteiger partial charge on any atom is -0.480 e. The van der Waals surface area contributed by atoms with Gasteiger partial charge in [0, 0.05) is 26.1 Å². The number of hydrogen-bond donors (Lipinski definition) is 2. The summed E-state index contributed by atoms with van der Waals surface area (Å²) in [7, 11) is 1.59. The second-order valence-electron chi connectivity index (χ2n) is 4.70. The van der Waals surface area contributed by atoms with Gasteiger partial charge in [0.05, 0.1) is 6.61 Å². The molecule has 1 atom stereocenters. The Morgan fingerprint density at radius 1 is 1.40 bits per heavy atom. The number of carbonyl (C=O) groups is 3. The zero-order chi connectivity index (χ0) is 15.0. The lowest BCUT2D eigenvalue weighted by molar-refractivity contribution is -0.143. The number of nitrogens with zero attached hydrogens (tertiary/aromatic N) is 1. The van der Waals surface area contributed by atoms with Crippen molar-refractivity contribution >= 4 is 17.9 Å². The van der Waals surface area contributed by atoms with Gasteiger partial charge >= 0.3 is 12.0 Å². The number of amides is 3. The van der Waals surface area contributed by atoms with Gasteiger partial charge in [0.15, 0.2) is 0 Å². The number of aliphatic carboxylic acids is 1. The van der Waals surface area contributed by atoms with Gasteiger partial charge in [-0.3, -0.25) is 10.1 Å². The average Bonchev–Trinajstić information content (AvgIpc) is 2.39. The molecule has 20 heavy (non-hydrogen) atoms. The molecule has 2 N–H and O–H groups in total. The van der Waals surface area contributed by atoms with Crippen molar-refractivity contribution < 1.29 is 29.0 Å². The number of imide groups is 1. The quantitative estimate of drug-likeness (QED) is 0.694. The van der Waals surface area contributed by atoms with Gasteiger partial charge in [-0.2, -0.15) is 0 Å². The van der Waals surface area contributed by atoms with Crippen molar-refractivity contribution in [3.63, 3.8) is 0 Å². The Morgan fingerprint density at radius 3 is 2.75 bits per heavy atom. The van der Waals surface area contributed by atoms with Gasteiger partial charge < -0.3 is 19.5 Å². The van der Waals surface area contributed by atoms with Crippen LogP contribution in [-0.2, 0) is 19.1 Å². The van der Waals surface area contributed by atoms with Crippen molar-refractivity contribution in [2.75, 3.05) is 40.0 Å². The fourth-order valence-electron chi connectivity index (χ4n) is 1.90. The van der Waals surface area contributed by atoms with Crippen LogP contribution >= 0.6 is 0 Å². The maximum atomic E-state index is 11.7. The van der Waals surface area contributed by atoms with Crippen LogP contribution in [0.3, 0.4) is 0 Å². The molecule has 1 aliphatic heterocycles. The number of nitrogens with one attached hydrogen (secondary N) is 1. The predicted octanol–water partition coefficient (Wildman–Crippen LogP) is -0.318. The maximum Gasteiger partial charge on any atom is 0.329 e. The third kappa shape index (κ3) is 6.48. The Hall–Kier alpha value is -1.67. The van der Waals surface area contributed by atoms with E-state index in [4.69, 9.17) is 9.84 Å². The smallest absolute Gasteiger partial charge is 0.329 e. The molecule has 1 aliphatic rings. The number of carboxylic acids is 1. The third-order valence-corrected chi connectivity index (χ3v) is 2.84. The molecule has 1 rings (SSSR count). The van der Waals surface area contributed by atoms with Crippen LogP contribution in [0.1, 0.15) is 12.8 Å². The van der Waals surface area contributed by atoms with Crippen molar-refractivity contribution in [2.45, 2.75) is 12.8 Å². The van der Waals surface area contributed by atoms with Crippen molar-refractivity contribution in [2.24, 2.45) is 5.92 Å². The Kier molecular flexibility index (Phi) is 6.96. The van der Waals surface area contributed by atoms with Crippen molar-refractivity contribution in [1.29, 1.82) is 0 Å². The van der Waals surface area contributed by atoms with Crippen molar-refractivity contribution in [3.8, 4) is 0 Å². The lowest BCUT2D eigenvalue weighted by Crippen LogP contribution is -2.45. The van der Waals surface area contributed by atoms with Crippen LogP contribution in [0.15, 0.2) is 0 Å². The van der Waals surface area contributed by atoms with E-state index in [1.54, 1.807) is 7.05 Å². The fraction of sp³-hybridized carbons (Fsp3) is 0.750. The monoisotopic (exact) mass is 288 g/mol. The molecule has 0 aromatic heterocycles. The van der Waals surface area contributed by atoms with Crippen LogP contribution in [0.4, 0.5) is 4.79 Å². The highest BCUT2D eigenvalue weighted by Crippen LogP contribution is 2.14. The first-order valence-corrected chi connectivity index (χ1v) is 6.41. The summed E-state index contributed by atoms with van der Waals surface area (Å²) in [6.07, 6.45) is 1.97. The third-order valence-electron chi connectivity index (χ3n) is 2.84. The topological polar surface area (TPSA) is 105 Å². The summed E-state index contributed by atoms with van der Waals surface area (Å²) >= 11 is 0. The van der Waals surface area contributed by atoms with E-state index < -0.39 is 31.1 Å². The number of rotatable bonds is 6. The van der Waals surface area contributed by atoms with E-state index in [1.807, 2.05) is 0 Å². The van der Waals surface area contributed by atoms with Crippen LogP contribution in [0, 0.1) is 5.92 Å². The van der Waals surface area contributed by atoms with E-state index in [0.29, 0.717) is 13.2 Å². The standard InChI is InChI=1S/C12H20N2O6/c1-14(5-9-3-2-4-19-6-9)12(18)13-10(15)7-20-8-11(16)17/h9H,2-8H2,1H3,(H,16,17)(H,13,15,18). The summed E-state index contributed by atoms with van der Waals surface area (Å²) in [6.45, 7) is 0.851. The van der Waals surface area contributed by atoms with Crippen LogP contribution in [0.2, 0.25) is 0 Å². The van der Waals surface area contributed by atoms with E-state index in [0.717, 1.165) is 19.4 Å². The van der Waals surface area contributed by atoms with Crippen LogP contribution in [0.25, 0.3) is 0 Å². The van der Waals surface area contributed by atoms with Gasteiger partial charge in [0.25, 0.3) is 5.91 Å². The van der Waals surface area contributed by atoms with Crippen LogP contribution in [0.5, 0.6) is 0 Å². The van der Waals surface area contributed by atoms with E-state index in [2.05, 4.69) is 10.1 Å². The molecule has 1 fully saturated rings. The van der Waals surface area contributed by atoms with Gasteiger partial charge in [-0.1, -0.05) is 0 Å². The molecule has 1 heterocycles. The lowest BCUT2D eigenvalue weighted by atomic mass is 10.0.